The number of nitrogens with zero attached hydrogens (tertiary/aromatic N) is 3. The number of hydrogen-bond donors (Lipinski definition) is 0. The highest BCUT2D eigenvalue weighted by molar-refractivity contribution is 6.01. The summed E-state index contributed by atoms with van der Waals surface area (Å²) in [7, 11) is 3.83. The molecule has 4 heteroatoms. The zero-order chi connectivity index (χ0) is 11.5. The fourth-order valence-corrected chi connectivity index (χ4v) is 1.56. The Hall–Kier alpha value is -2.10. The van der Waals surface area contributed by atoms with Crippen LogP contribution < -0.4 is 4.90 Å². The third kappa shape index (κ3) is 1.82. The highest BCUT2D eigenvalue weighted by atomic mass is 16.2. The Morgan fingerprint density at radius 3 is 2.69 bits per heavy atom. The van der Waals surface area contributed by atoms with E-state index in [1.807, 2.05) is 43.3 Å². The zero-order valence-corrected chi connectivity index (χ0v) is 9.29. The van der Waals surface area contributed by atoms with E-state index in [-0.39, 0.29) is 5.91 Å². The van der Waals surface area contributed by atoms with Crippen molar-refractivity contribution in [2.75, 3.05) is 19.0 Å². The van der Waals surface area contributed by atoms with Crippen molar-refractivity contribution < 1.29 is 4.79 Å². The molecule has 2 aromatic rings. The van der Waals surface area contributed by atoms with Crippen LogP contribution in [0.25, 0.3) is 0 Å². The first-order chi connectivity index (χ1) is 7.70. The maximum atomic E-state index is 12.1. The van der Waals surface area contributed by atoms with Crippen molar-refractivity contribution >= 4 is 11.6 Å². The lowest BCUT2D eigenvalue weighted by Gasteiger charge is -2.16. The van der Waals surface area contributed by atoms with Crippen LogP contribution in [-0.4, -0.2) is 29.6 Å². The summed E-state index contributed by atoms with van der Waals surface area (Å²) in [5, 5.41) is 0. The minimum Gasteiger partial charge on any atom is -0.377 e. The van der Waals surface area contributed by atoms with Crippen molar-refractivity contribution in [2.24, 2.45) is 0 Å². The molecule has 16 heavy (non-hydrogen) atoms. The maximum Gasteiger partial charge on any atom is 0.265 e. The lowest BCUT2D eigenvalue weighted by atomic mass is 10.1. The number of hydrogen-bond acceptors (Lipinski definition) is 3. The standard InChI is InChI=1S/C12H13N3O/c1-14(2)11-6-4-3-5-10(11)12(16)15-8-7-13-9-15/h3-9H,1-2H3. The summed E-state index contributed by atoms with van der Waals surface area (Å²) in [5.74, 6) is -0.0678. The summed E-state index contributed by atoms with van der Waals surface area (Å²) in [6.45, 7) is 0. The molecule has 0 unspecified atom stereocenters. The summed E-state index contributed by atoms with van der Waals surface area (Å²) in [6.07, 6.45) is 4.75. The molecule has 82 valence electrons. The third-order valence-corrected chi connectivity index (χ3v) is 2.36. The van der Waals surface area contributed by atoms with Gasteiger partial charge in [-0.2, -0.15) is 0 Å². The van der Waals surface area contributed by atoms with Gasteiger partial charge in [0.2, 0.25) is 0 Å². The smallest absolute Gasteiger partial charge is 0.265 e. The Morgan fingerprint density at radius 2 is 2.06 bits per heavy atom. The zero-order valence-electron chi connectivity index (χ0n) is 9.29. The summed E-state index contributed by atoms with van der Waals surface area (Å²) >= 11 is 0. The van der Waals surface area contributed by atoms with Crippen molar-refractivity contribution in [2.45, 2.75) is 0 Å². The normalized spacial score (nSPS) is 10.1. The van der Waals surface area contributed by atoms with Gasteiger partial charge in [-0.25, -0.2) is 4.98 Å². The Balaban J connectivity index is 2.44. The van der Waals surface area contributed by atoms with E-state index >= 15 is 0 Å². The van der Waals surface area contributed by atoms with Crippen LogP contribution in [0.15, 0.2) is 43.0 Å². The van der Waals surface area contributed by atoms with E-state index in [2.05, 4.69) is 4.98 Å². The lowest BCUT2D eigenvalue weighted by molar-refractivity contribution is 0.0960. The Kier molecular flexibility index (Phi) is 2.72. The molecule has 4 nitrogen and oxygen atoms in total. The van der Waals surface area contributed by atoms with Crippen LogP contribution in [-0.2, 0) is 0 Å². The first-order valence-corrected chi connectivity index (χ1v) is 4.99. The molecule has 0 saturated heterocycles. The molecule has 2 rings (SSSR count). The molecule has 0 bridgehead atoms. The minimum absolute atomic E-state index is 0.0678. The van der Waals surface area contributed by atoms with E-state index in [0.717, 1.165) is 5.69 Å². The fraction of sp³-hybridized carbons (Fsp3) is 0.167. The van der Waals surface area contributed by atoms with Crippen molar-refractivity contribution in [1.29, 1.82) is 0 Å². The molecule has 1 aromatic carbocycles. The number of para-hydroxylation sites is 1. The number of carbonyl (C=O) groups excluding carboxylic acids is 1. The minimum atomic E-state index is -0.0678. The summed E-state index contributed by atoms with van der Waals surface area (Å²) in [6, 6.07) is 7.51. The van der Waals surface area contributed by atoms with Crippen molar-refractivity contribution in [3.8, 4) is 0 Å². The van der Waals surface area contributed by atoms with Crippen LogP contribution in [0, 0.1) is 0 Å². The molecule has 0 aliphatic rings. The van der Waals surface area contributed by atoms with E-state index in [1.54, 1.807) is 12.4 Å². The van der Waals surface area contributed by atoms with E-state index in [9.17, 15) is 4.79 Å². The van der Waals surface area contributed by atoms with Crippen LogP contribution in [0.4, 0.5) is 5.69 Å². The molecule has 0 N–H and O–H groups in total. The maximum absolute atomic E-state index is 12.1. The summed E-state index contributed by atoms with van der Waals surface area (Å²) in [5.41, 5.74) is 1.58. The van der Waals surface area contributed by atoms with Gasteiger partial charge in [-0.1, -0.05) is 12.1 Å². The number of carbonyl (C=O) groups is 1. The average Bonchev–Trinajstić information content (AvgIpc) is 2.81. The van der Waals surface area contributed by atoms with Crippen molar-refractivity contribution in [3.05, 3.63) is 48.5 Å². The number of aromatic nitrogens is 2. The van der Waals surface area contributed by atoms with E-state index in [4.69, 9.17) is 0 Å². The molecule has 1 heterocycles. The molecular formula is C12H13N3O. The van der Waals surface area contributed by atoms with Gasteiger partial charge in [0.05, 0.1) is 5.56 Å². The Labute approximate surface area is 94.1 Å². The summed E-state index contributed by atoms with van der Waals surface area (Å²) in [4.78, 5) is 17.9. The van der Waals surface area contributed by atoms with Gasteiger partial charge < -0.3 is 4.90 Å². The predicted molar refractivity (Wildman–Crippen MR) is 62.7 cm³/mol. The fourth-order valence-electron chi connectivity index (χ4n) is 1.56. The molecule has 1 aromatic heterocycles. The van der Waals surface area contributed by atoms with Crippen LogP contribution in [0.5, 0.6) is 0 Å². The van der Waals surface area contributed by atoms with Crippen LogP contribution in [0.2, 0.25) is 0 Å². The second-order valence-electron chi connectivity index (χ2n) is 3.69. The molecule has 0 amide bonds. The van der Waals surface area contributed by atoms with Gasteiger partial charge in [-0.15, -0.1) is 0 Å². The number of anilines is 1. The second kappa shape index (κ2) is 4.18. The molecule has 0 saturated carbocycles. The topological polar surface area (TPSA) is 38.1 Å². The molecule has 0 radical (unpaired) electrons. The largest absolute Gasteiger partial charge is 0.377 e. The number of imidazole rings is 1. The van der Waals surface area contributed by atoms with Gasteiger partial charge in [-0.3, -0.25) is 9.36 Å². The van der Waals surface area contributed by atoms with Crippen LogP contribution in [0.1, 0.15) is 10.4 Å². The predicted octanol–water partition coefficient (Wildman–Crippen LogP) is 1.64. The Morgan fingerprint density at radius 1 is 1.31 bits per heavy atom. The van der Waals surface area contributed by atoms with Crippen molar-refractivity contribution in [3.63, 3.8) is 0 Å². The number of benzene rings is 1. The lowest BCUT2D eigenvalue weighted by Crippen LogP contribution is -2.17. The van der Waals surface area contributed by atoms with Gasteiger partial charge in [-0.05, 0) is 12.1 Å². The highest BCUT2D eigenvalue weighted by Crippen LogP contribution is 2.18. The quantitative estimate of drug-likeness (QED) is 0.764. The van der Waals surface area contributed by atoms with Crippen LogP contribution >= 0.6 is 0 Å². The van der Waals surface area contributed by atoms with Crippen molar-refractivity contribution in [1.82, 2.24) is 9.55 Å². The van der Waals surface area contributed by atoms with Gasteiger partial charge in [0.1, 0.15) is 6.33 Å². The monoisotopic (exact) mass is 215 g/mol. The third-order valence-electron chi connectivity index (χ3n) is 2.36. The Bertz CT molecular complexity index is 489. The molecule has 0 atom stereocenters. The van der Waals surface area contributed by atoms with E-state index in [1.165, 1.54) is 10.9 Å². The van der Waals surface area contributed by atoms with E-state index in [0.29, 0.717) is 5.56 Å². The molecule has 0 spiro atoms. The molecule has 0 aliphatic carbocycles. The van der Waals surface area contributed by atoms with E-state index < -0.39 is 0 Å². The number of rotatable bonds is 2. The molecule has 0 aliphatic heterocycles. The van der Waals surface area contributed by atoms with Crippen LogP contribution in [0.3, 0.4) is 0 Å². The molecular weight excluding hydrogens is 202 g/mol. The van der Waals surface area contributed by atoms with Gasteiger partial charge in [0, 0.05) is 32.2 Å². The second-order valence-corrected chi connectivity index (χ2v) is 3.69. The van der Waals surface area contributed by atoms with Gasteiger partial charge in [0.25, 0.3) is 5.91 Å². The SMILES string of the molecule is CN(C)c1ccccc1C(=O)n1ccnc1. The summed E-state index contributed by atoms with van der Waals surface area (Å²) < 4.78 is 1.47. The highest BCUT2D eigenvalue weighted by Gasteiger charge is 2.13. The first-order valence-electron chi connectivity index (χ1n) is 4.99. The molecule has 0 fully saturated rings. The van der Waals surface area contributed by atoms with Gasteiger partial charge in [0.15, 0.2) is 0 Å². The average molecular weight is 215 g/mol. The van der Waals surface area contributed by atoms with Gasteiger partial charge >= 0.3 is 0 Å². The first kappa shape index (κ1) is 10.4.